The average Bonchev–Trinajstić information content (AvgIpc) is 3.18. The second-order valence-electron chi connectivity index (χ2n) is 5.80. The van der Waals surface area contributed by atoms with Crippen molar-refractivity contribution >= 4 is 22.9 Å². The number of aromatic nitrogens is 4. The number of aliphatic hydroxyl groups excluding tert-OH is 2. The summed E-state index contributed by atoms with van der Waals surface area (Å²) in [6, 6.07) is -0.720. The molecule has 1 aliphatic rings. The third-order valence-electron chi connectivity index (χ3n) is 3.99. The molecule has 3 rings (SSSR count). The topological polar surface area (TPSA) is 180 Å². The van der Waals surface area contributed by atoms with Crippen molar-refractivity contribution in [3.8, 4) is 0 Å². The van der Waals surface area contributed by atoms with E-state index in [0.717, 1.165) is 0 Å². The molecule has 25 heavy (non-hydrogen) atoms. The second-order valence-corrected chi connectivity index (χ2v) is 5.80. The predicted octanol–water partition coefficient (Wildman–Crippen LogP) is 0.160. The van der Waals surface area contributed by atoms with Crippen LogP contribution in [-0.2, 0) is 4.74 Å². The van der Waals surface area contributed by atoms with Crippen LogP contribution in [0.15, 0.2) is 11.4 Å². The molecule has 4 atom stereocenters. The van der Waals surface area contributed by atoms with Crippen molar-refractivity contribution in [1.29, 1.82) is 0 Å². The maximum atomic E-state index is 9.39. The maximum absolute atomic E-state index is 9.39. The number of nitrogens with zero attached hydrogens (tertiary/aromatic N) is 7. The Bertz CT molecular complexity index is 803. The zero-order valence-corrected chi connectivity index (χ0v) is 13.5. The maximum Gasteiger partial charge on any atom is 0.224 e. The molecule has 0 aliphatic carbocycles. The van der Waals surface area contributed by atoms with Crippen LogP contribution in [0, 0.1) is 0 Å². The number of ether oxygens (including phenoxy) is 1. The van der Waals surface area contributed by atoms with E-state index in [1.165, 1.54) is 6.33 Å². The molecule has 0 saturated carbocycles. The van der Waals surface area contributed by atoms with Gasteiger partial charge in [-0.25, -0.2) is 4.98 Å². The molecule has 0 radical (unpaired) electrons. The Kier molecular flexibility index (Phi) is 4.86. The van der Waals surface area contributed by atoms with E-state index in [-0.39, 0.29) is 25.2 Å². The Morgan fingerprint density at radius 1 is 1.56 bits per heavy atom. The van der Waals surface area contributed by atoms with Crippen molar-refractivity contribution in [2.75, 3.05) is 24.3 Å². The van der Waals surface area contributed by atoms with Crippen LogP contribution in [-0.4, -0.2) is 61.1 Å². The zero-order valence-electron chi connectivity index (χ0n) is 13.5. The van der Waals surface area contributed by atoms with Gasteiger partial charge >= 0.3 is 0 Å². The molecule has 3 heterocycles. The van der Waals surface area contributed by atoms with Gasteiger partial charge in [0.25, 0.3) is 0 Å². The Labute approximate surface area is 142 Å². The Hall–Kier alpha value is -2.66. The van der Waals surface area contributed by atoms with Crippen LogP contribution in [0.2, 0.25) is 0 Å². The number of anilines is 2. The number of azide groups is 1. The summed E-state index contributed by atoms with van der Waals surface area (Å²) < 4.78 is 7.42. The van der Waals surface area contributed by atoms with Crippen LogP contribution in [0.4, 0.5) is 11.8 Å². The highest BCUT2D eigenvalue weighted by Crippen LogP contribution is 2.33. The minimum atomic E-state index is -0.593. The quantitative estimate of drug-likeness (QED) is 0.323. The summed E-state index contributed by atoms with van der Waals surface area (Å²) in [5.41, 5.74) is 15.4. The SMILES string of the molecule is CC(CO)Nc1nc(N)nc2c1ncn2[C@H]1C[C@@H](N=[N+]=[N-])[C@@H](CO)O1. The lowest BCUT2D eigenvalue weighted by Crippen LogP contribution is -2.23. The van der Waals surface area contributed by atoms with Crippen molar-refractivity contribution in [2.24, 2.45) is 5.11 Å². The first-order chi connectivity index (χ1) is 12.1. The zero-order chi connectivity index (χ0) is 18.0. The molecule has 1 unspecified atom stereocenters. The first-order valence-corrected chi connectivity index (χ1v) is 7.75. The Morgan fingerprint density at radius 3 is 3.04 bits per heavy atom. The molecule has 2 aromatic rings. The minimum absolute atomic E-state index is 0.0465. The molecular weight excluding hydrogens is 330 g/mol. The molecule has 12 nitrogen and oxygen atoms in total. The smallest absolute Gasteiger partial charge is 0.224 e. The lowest BCUT2D eigenvalue weighted by molar-refractivity contribution is -0.0232. The summed E-state index contributed by atoms with van der Waals surface area (Å²) in [5, 5.41) is 25.3. The lowest BCUT2D eigenvalue weighted by Gasteiger charge is -2.15. The summed E-state index contributed by atoms with van der Waals surface area (Å²) in [5.74, 6) is 0.455. The average molecular weight is 349 g/mol. The van der Waals surface area contributed by atoms with Gasteiger partial charge in [-0.2, -0.15) is 9.97 Å². The lowest BCUT2D eigenvalue weighted by atomic mass is 10.1. The van der Waals surface area contributed by atoms with Crippen LogP contribution >= 0.6 is 0 Å². The van der Waals surface area contributed by atoms with Crippen molar-refractivity contribution in [3.05, 3.63) is 16.8 Å². The molecule has 1 fully saturated rings. The number of aliphatic hydroxyl groups is 2. The Balaban J connectivity index is 1.97. The van der Waals surface area contributed by atoms with Gasteiger partial charge in [0.2, 0.25) is 5.95 Å². The number of imidazole rings is 1. The first-order valence-electron chi connectivity index (χ1n) is 7.75. The van der Waals surface area contributed by atoms with Crippen LogP contribution in [0.5, 0.6) is 0 Å². The molecular formula is C13H19N9O3. The number of fused-ring (bicyclic) bond motifs is 1. The van der Waals surface area contributed by atoms with Gasteiger partial charge in [0.1, 0.15) is 6.23 Å². The van der Waals surface area contributed by atoms with Crippen molar-refractivity contribution in [1.82, 2.24) is 19.5 Å². The Morgan fingerprint density at radius 2 is 2.36 bits per heavy atom. The van der Waals surface area contributed by atoms with Gasteiger partial charge in [-0.05, 0) is 12.5 Å². The molecule has 0 spiro atoms. The summed E-state index contributed by atoms with van der Waals surface area (Å²) in [7, 11) is 0. The third kappa shape index (κ3) is 3.28. The van der Waals surface area contributed by atoms with Gasteiger partial charge in [0, 0.05) is 17.4 Å². The molecule has 0 aromatic carbocycles. The van der Waals surface area contributed by atoms with E-state index in [0.29, 0.717) is 23.4 Å². The molecule has 5 N–H and O–H groups in total. The van der Waals surface area contributed by atoms with E-state index in [1.54, 1.807) is 11.5 Å². The van der Waals surface area contributed by atoms with Crippen LogP contribution in [0.3, 0.4) is 0 Å². The summed E-state index contributed by atoms with van der Waals surface area (Å²) >= 11 is 0. The fourth-order valence-electron chi connectivity index (χ4n) is 2.76. The van der Waals surface area contributed by atoms with E-state index in [9.17, 15) is 10.2 Å². The highest BCUT2D eigenvalue weighted by molar-refractivity contribution is 5.84. The normalized spacial score (nSPS) is 24.2. The van der Waals surface area contributed by atoms with Gasteiger partial charge in [0.15, 0.2) is 17.0 Å². The molecule has 1 saturated heterocycles. The fourth-order valence-corrected chi connectivity index (χ4v) is 2.76. The number of hydrogen-bond acceptors (Lipinski definition) is 9. The van der Waals surface area contributed by atoms with E-state index in [1.807, 2.05) is 0 Å². The second kappa shape index (κ2) is 7.07. The molecule has 134 valence electrons. The number of rotatable bonds is 6. The van der Waals surface area contributed by atoms with E-state index in [4.69, 9.17) is 16.0 Å². The van der Waals surface area contributed by atoms with Crippen molar-refractivity contribution in [2.45, 2.75) is 37.8 Å². The number of nitrogens with two attached hydrogens (primary N) is 1. The van der Waals surface area contributed by atoms with E-state index < -0.39 is 18.4 Å². The highest BCUT2D eigenvalue weighted by Gasteiger charge is 2.36. The predicted molar refractivity (Wildman–Crippen MR) is 88.5 cm³/mol. The van der Waals surface area contributed by atoms with Crippen molar-refractivity contribution < 1.29 is 14.9 Å². The summed E-state index contributed by atoms with van der Waals surface area (Å²) in [6.45, 7) is 1.45. The fraction of sp³-hybridized carbons (Fsp3) is 0.615. The monoisotopic (exact) mass is 349 g/mol. The van der Waals surface area contributed by atoms with Crippen LogP contribution in [0.1, 0.15) is 19.6 Å². The molecule has 0 bridgehead atoms. The van der Waals surface area contributed by atoms with Gasteiger partial charge < -0.3 is 26.0 Å². The van der Waals surface area contributed by atoms with Crippen LogP contribution in [0.25, 0.3) is 21.6 Å². The number of hydrogen-bond donors (Lipinski definition) is 4. The number of nitrogen functional groups attached to an aromatic ring is 1. The summed E-state index contributed by atoms with van der Waals surface area (Å²) in [4.78, 5) is 15.4. The minimum Gasteiger partial charge on any atom is -0.394 e. The molecule has 1 aliphatic heterocycles. The van der Waals surface area contributed by atoms with Gasteiger partial charge in [0.05, 0.1) is 31.7 Å². The molecule has 12 heteroatoms. The number of nitrogens with one attached hydrogen (secondary N) is 1. The standard InChI is InChI=1S/C13H19N9O3/c1-6(3-23)17-11-10-12(19-13(14)18-11)22(5-16-10)9-2-7(20-21-15)8(4-24)25-9/h5-9,23-24H,2-4H2,1H3,(H3,14,17,18,19)/t6?,7-,8-,9-/m1/s1. The van der Waals surface area contributed by atoms with Gasteiger partial charge in [-0.15, -0.1) is 0 Å². The largest absolute Gasteiger partial charge is 0.394 e. The van der Waals surface area contributed by atoms with E-state index in [2.05, 4.69) is 30.3 Å². The molecule has 2 aromatic heterocycles. The molecule has 0 amide bonds. The highest BCUT2D eigenvalue weighted by atomic mass is 16.5. The van der Waals surface area contributed by atoms with Crippen LogP contribution < -0.4 is 11.1 Å². The first kappa shape index (κ1) is 17.2. The summed E-state index contributed by atoms with van der Waals surface area (Å²) in [6.07, 6.45) is 0.811. The van der Waals surface area contributed by atoms with Gasteiger partial charge in [-0.3, -0.25) is 4.57 Å². The third-order valence-corrected chi connectivity index (χ3v) is 3.99. The van der Waals surface area contributed by atoms with E-state index >= 15 is 0 Å². The van der Waals surface area contributed by atoms with Crippen molar-refractivity contribution in [3.63, 3.8) is 0 Å². The van der Waals surface area contributed by atoms with Gasteiger partial charge in [-0.1, -0.05) is 5.11 Å².